The lowest BCUT2D eigenvalue weighted by molar-refractivity contribution is -0.123. The van der Waals surface area contributed by atoms with E-state index in [9.17, 15) is 4.79 Å². The largest absolute Gasteiger partial charge is 0.355 e. The van der Waals surface area contributed by atoms with E-state index in [1.54, 1.807) is 11.3 Å². The Morgan fingerprint density at radius 2 is 2.23 bits per heavy atom. The molecule has 6 heteroatoms. The monoisotopic (exact) mass is 372 g/mol. The second-order valence-corrected chi connectivity index (χ2v) is 8.74. The fourth-order valence-electron chi connectivity index (χ4n) is 4.47. The minimum absolute atomic E-state index is 0.115. The first-order chi connectivity index (χ1) is 12.7. The number of fused-ring (bicyclic) bond motifs is 1. The lowest BCUT2D eigenvalue weighted by atomic mass is 9.95. The molecule has 1 aliphatic heterocycles. The highest BCUT2D eigenvalue weighted by atomic mass is 32.1. The SMILES string of the molecule is Cn1cnc2c1[C@H](C(=O)NCCc1cccs1)CN(CC1CCCC1)C2. The molecule has 0 bridgehead atoms. The van der Waals surface area contributed by atoms with E-state index in [4.69, 9.17) is 0 Å². The molecule has 140 valence electrons. The molecule has 1 N–H and O–H groups in total. The molecular weight excluding hydrogens is 344 g/mol. The molecule has 2 aliphatic rings. The summed E-state index contributed by atoms with van der Waals surface area (Å²) in [5.41, 5.74) is 2.18. The van der Waals surface area contributed by atoms with Crippen molar-refractivity contribution in [2.24, 2.45) is 13.0 Å². The lowest BCUT2D eigenvalue weighted by Crippen LogP contribution is -2.43. The van der Waals surface area contributed by atoms with E-state index in [1.165, 1.54) is 30.6 Å². The zero-order valence-corrected chi connectivity index (χ0v) is 16.3. The van der Waals surface area contributed by atoms with Gasteiger partial charge in [0.25, 0.3) is 0 Å². The summed E-state index contributed by atoms with van der Waals surface area (Å²) < 4.78 is 2.03. The third kappa shape index (κ3) is 3.86. The molecule has 0 spiro atoms. The molecule has 1 saturated carbocycles. The number of aromatic nitrogens is 2. The summed E-state index contributed by atoms with van der Waals surface area (Å²) in [7, 11) is 2.00. The second kappa shape index (κ2) is 7.92. The van der Waals surface area contributed by atoms with E-state index < -0.39 is 0 Å². The molecule has 0 aromatic carbocycles. The van der Waals surface area contributed by atoms with Crippen molar-refractivity contribution in [3.8, 4) is 0 Å². The molecule has 3 heterocycles. The lowest BCUT2D eigenvalue weighted by Gasteiger charge is -2.33. The molecule has 26 heavy (non-hydrogen) atoms. The van der Waals surface area contributed by atoms with Gasteiger partial charge in [0.2, 0.25) is 5.91 Å². The zero-order chi connectivity index (χ0) is 17.9. The van der Waals surface area contributed by atoms with Gasteiger partial charge in [-0.3, -0.25) is 9.69 Å². The minimum Gasteiger partial charge on any atom is -0.355 e. The number of rotatable bonds is 6. The number of aryl methyl sites for hydroxylation is 1. The number of thiophene rings is 1. The van der Waals surface area contributed by atoms with Gasteiger partial charge in [0, 0.05) is 38.1 Å². The van der Waals surface area contributed by atoms with Gasteiger partial charge in [-0.05, 0) is 36.6 Å². The van der Waals surface area contributed by atoms with Crippen molar-refractivity contribution >= 4 is 17.2 Å². The summed E-state index contributed by atoms with van der Waals surface area (Å²) in [5, 5.41) is 5.25. The van der Waals surface area contributed by atoms with Crippen molar-refractivity contribution in [1.29, 1.82) is 0 Å². The van der Waals surface area contributed by atoms with Crippen molar-refractivity contribution in [3.05, 3.63) is 40.1 Å². The number of nitrogens with zero attached hydrogens (tertiary/aromatic N) is 3. The van der Waals surface area contributed by atoms with E-state index >= 15 is 0 Å². The summed E-state index contributed by atoms with van der Waals surface area (Å²) in [6, 6.07) is 4.19. The maximum absolute atomic E-state index is 12.9. The number of carbonyl (C=O) groups is 1. The molecule has 0 saturated heterocycles. The van der Waals surface area contributed by atoms with Gasteiger partial charge in [0.1, 0.15) is 0 Å². The number of hydrogen-bond donors (Lipinski definition) is 1. The van der Waals surface area contributed by atoms with Crippen LogP contribution < -0.4 is 5.32 Å². The van der Waals surface area contributed by atoms with Crippen LogP contribution in [0.5, 0.6) is 0 Å². The first-order valence-electron chi connectivity index (χ1n) is 9.73. The van der Waals surface area contributed by atoms with Crippen molar-refractivity contribution < 1.29 is 4.79 Å². The van der Waals surface area contributed by atoms with Crippen LogP contribution in [0, 0.1) is 5.92 Å². The Kier molecular flexibility index (Phi) is 5.41. The smallest absolute Gasteiger partial charge is 0.230 e. The van der Waals surface area contributed by atoms with Crippen LogP contribution in [-0.4, -0.2) is 40.0 Å². The molecule has 1 fully saturated rings. The van der Waals surface area contributed by atoms with Crippen molar-refractivity contribution in [2.45, 2.75) is 44.6 Å². The quantitative estimate of drug-likeness (QED) is 0.848. The first-order valence-corrected chi connectivity index (χ1v) is 10.6. The molecule has 0 radical (unpaired) electrons. The van der Waals surface area contributed by atoms with E-state index in [-0.39, 0.29) is 11.8 Å². The maximum atomic E-state index is 12.9. The standard InChI is InChI=1S/C20H28N4OS/c1-23-14-22-18-13-24(11-15-5-2-3-6-15)12-17(19(18)23)20(25)21-9-8-16-7-4-10-26-16/h4,7,10,14-15,17H,2-3,5-6,8-9,11-13H2,1H3,(H,21,25)/t17-/m1/s1. The van der Waals surface area contributed by atoms with Crippen LogP contribution in [0.3, 0.4) is 0 Å². The third-order valence-corrected chi connectivity index (χ3v) is 6.70. The molecule has 1 atom stereocenters. The highest BCUT2D eigenvalue weighted by Gasteiger charge is 2.34. The van der Waals surface area contributed by atoms with Crippen LogP contribution in [0.1, 0.15) is 47.9 Å². The Labute approximate surface area is 159 Å². The van der Waals surface area contributed by atoms with Crippen molar-refractivity contribution in [1.82, 2.24) is 19.8 Å². The summed E-state index contributed by atoms with van der Waals surface area (Å²) in [6.45, 7) is 3.50. The van der Waals surface area contributed by atoms with Gasteiger partial charge in [-0.15, -0.1) is 11.3 Å². The molecule has 0 unspecified atom stereocenters. The first kappa shape index (κ1) is 17.7. The fourth-order valence-corrected chi connectivity index (χ4v) is 5.18. The third-order valence-electron chi connectivity index (χ3n) is 5.77. The predicted octanol–water partition coefficient (Wildman–Crippen LogP) is 2.93. The number of imidazole rings is 1. The van der Waals surface area contributed by atoms with Gasteiger partial charge in [0.15, 0.2) is 0 Å². The topological polar surface area (TPSA) is 50.2 Å². The molecule has 5 nitrogen and oxygen atoms in total. The summed E-state index contributed by atoms with van der Waals surface area (Å²) in [6.07, 6.45) is 8.16. The maximum Gasteiger partial charge on any atom is 0.230 e. The van der Waals surface area contributed by atoms with Crippen LogP contribution >= 0.6 is 11.3 Å². The Bertz CT molecular complexity index is 733. The number of nitrogens with one attached hydrogen (secondary N) is 1. The highest BCUT2D eigenvalue weighted by molar-refractivity contribution is 7.09. The molecule has 1 amide bonds. The summed E-state index contributed by atoms with van der Waals surface area (Å²) in [4.78, 5) is 21.3. The molecular formula is C20H28N4OS. The minimum atomic E-state index is -0.115. The van der Waals surface area contributed by atoms with Crippen molar-refractivity contribution in [2.75, 3.05) is 19.6 Å². The van der Waals surface area contributed by atoms with Crippen LogP contribution in [0.2, 0.25) is 0 Å². The number of amides is 1. The summed E-state index contributed by atoms with van der Waals surface area (Å²) in [5.74, 6) is 0.821. The predicted molar refractivity (Wildman–Crippen MR) is 104 cm³/mol. The van der Waals surface area contributed by atoms with Gasteiger partial charge in [-0.25, -0.2) is 4.98 Å². The van der Waals surface area contributed by atoms with E-state index in [0.29, 0.717) is 6.54 Å². The number of hydrogen-bond acceptors (Lipinski definition) is 4. The fraction of sp³-hybridized carbons (Fsp3) is 0.600. The molecule has 1 aliphatic carbocycles. The van der Waals surface area contributed by atoms with Crippen LogP contribution in [0.4, 0.5) is 0 Å². The van der Waals surface area contributed by atoms with Gasteiger partial charge >= 0.3 is 0 Å². The van der Waals surface area contributed by atoms with Gasteiger partial charge in [-0.2, -0.15) is 0 Å². The number of carbonyl (C=O) groups excluding carboxylic acids is 1. The Morgan fingerprint density at radius 3 is 3.00 bits per heavy atom. The molecule has 2 aromatic rings. The van der Waals surface area contributed by atoms with Gasteiger partial charge in [0.05, 0.1) is 23.6 Å². The molecule has 2 aromatic heterocycles. The normalized spacial score (nSPS) is 21.0. The average Bonchev–Trinajstić information content (AvgIpc) is 3.38. The van der Waals surface area contributed by atoms with Gasteiger partial charge < -0.3 is 9.88 Å². The molecule has 4 rings (SSSR count). The highest BCUT2D eigenvalue weighted by Crippen LogP contribution is 2.31. The van der Waals surface area contributed by atoms with Crippen LogP contribution in [-0.2, 0) is 24.8 Å². The van der Waals surface area contributed by atoms with E-state index in [1.807, 2.05) is 17.9 Å². The summed E-state index contributed by atoms with van der Waals surface area (Å²) >= 11 is 1.75. The Morgan fingerprint density at radius 1 is 1.38 bits per heavy atom. The van der Waals surface area contributed by atoms with E-state index in [2.05, 4.69) is 32.7 Å². The van der Waals surface area contributed by atoms with Crippen molar-refractivity contribution in [3.63, 3.8) is 0 Å². The van der Waals surface area contributed by atoms with Gasteiger partial charge in [-0.1, -0.05) is 18.9 Å². The van der Waals surface area contributed by atoms with Crippen LogP contribution in [0.15, 0.2) is 23.8 Å². The Balaban J connectivity index is 1.42. The zero-order valence-electron chi connectivity index (χ0n) is 15.5. The Hall–Kier alpha value is -1.66. The van der Waals surface area contributed by atoms with Crippen LogP contribution in [0.25, 0.3) is 0 Å². The second-order valence-electron chi connectivity index (χ2n) is 7.70. The average molecular weight is 373 g/mol. The van der Waals surface area contributed by atoms with E-state index in [0.717, 1.165) is 43.4 Å².